The molecule has 0 bridgehead atoms. The fourth-order valence-electron chi connectivity index (χ4n) is 5.18. The fraction of sp³-hybridized carbons (Fsp3) is 0.280. The molecule has 0 radical (unpaired) electrons. The van der Waals surface area contributed by atoms with Gasteiger partial charge in [-0.1, -0.05) is 26.0 Å². The first-order chi connectivity index (χ1) is 16.0. The first-order valence-electron chi connectivity index (χ1n) is 10.7. The van der Waals surface area contributed by atoms with Crippen molar-refractivity contribution in [2.24, 2.45) is 5.41 Å². The number of anilines is 1. The van der Waals surface area contributed by atoms with Crippen molar-refractivity contribution in [1.29, 1.82) is 0 Å². The minimum Gasteiger partial charge on any atom is -0.506 e. The lowest BCUT2D eigenvalue weighted by Gasteiger charge is -2.38. The molecule has 9 heteroatoms. The zero-order chi connectivity index (χ0) is 24.6. The maximum absolute atomic E-state index is 13.8. The van der Waals surface area contributed by atoms with E-state index >= 15 is 0 Å². The highest BCUT2D eigenvalue weighted by Crippen LogP contribution is 2.53. The number of furan rings is 1. The Morgan fingerprint density at radius 3 is 2.41 bits per heavy atom. The number of fused-ring (bicyclic) bond motifs is 1. The second-order valence-electron chi connectivity index (χ2n) is 9.55. The van der Waals surface area contributed by atoms with Crippen LogP contribution in [-0.2, 0) is 14.4 Å². The van der Waals surface area contributed by atoms with E-state index in [-0.39, 0.29) is 34.9 Å². The Balaban J connectivity index is 1.84. The maximum Gasteiger partial charge on any atom is 0.295 e. The highest BCUT2D eigenvalue weighted by atomic mass is 16.3. The van der Waals surface area contributed by atoms with E-state index in [4.69, 9.17) is 4.42 Å². The number of rotatable bonds is 3. The SMILES string of the molecule is Cc1ccc(C(=O)C2=C(O)C(=O)N(c3ccccc3O)C23C(=O)NC2=C3C(=O)CC(C)(C)C2)o1. The van der Waals surface area contributed by atoms with Crippen LogP contribution in [0.1, 0.15) is 43.0 Å². The summed E-state index contributed by atoms with van der Waals surface area (Å²) in [5, 5.41) is 24.2. The number of carbonyl (C=O) groups is 4. The van der Waals surface area contributed by atoms with E-state index in [1.807, 2.05) is 13.8 Å². The van der Waals surface area contributed by atoms with Crippen LogP contribution in [0.15, 0.2) is 63.4 Å². The van der Waals surface area contributed by atoms with Crippen molar-refractivity contribution in [2.75, 3.05) is 4.90 Å². The van der Waals surface area contributed by atoms with Crippen molar-refractivity contribution in [3.8, 4) is 5.75 Å². The lowest BCUT2D eigenvalue weighted by atomic mass is 9.70. The van der Waals surface area contributed by atoms with Crippen LogP contribution in [0.4, 0.5) is 5.69 Å². The van der Waals surface area contributed by atoms with Crippen LogP contribution < -0.4 is 10.2 Å². The summed E-state index contributed by atoms with van der Waals surface area (Å²) in [6, 6.07) is 8.61. The summed E-state index contributed by atoms with van der Waals surface area (Å²) in [6.07, 6.45) is 0.375. The van der Waals surface area contributed by atoms with Crippen LogP contribution in [0.3, 0.4) is 0 Å². The lowest BCUT2D eigenvalue weighted by Crippen LogP contribution is -2.58. The highest BCUT2D eigenvalue weighted by molar-refractivity contribution is 6.32. The van der Waals surface area contributed by atoms with Gasteiger partial charge in [-0.25, -0.2) is 0 Å². The van der Waals surface area contributed by atoms with Gasteiger partial charge in [0.05, 0.1) is 16.8 Å². The molecule has 9 nitrogen and oxygen atoms in total. The second-order valence-corrected chi connectivity index (χ2v) is 9.55. The first-order valence-corrected chi connectivity index (χ1v) is 10.7. The topological polar surface area (TPSA) is 137 Å². The van der Waals surface area contributed by atoms with Crippen LogP contribution in [0.2, 0.25) is 0 Å². The molecule has 1 unspecified atom stereocenters. The number of Topliss-reactive ketones (excluding diaryl/α,β-unsaturated/α-hetero) is 2. The molecule has 34 heavy (non-hydrogen) atoms. The third kappa shape index (κ3) is 2.73. The van der Waals surface area contributed by atoms with E-state index in [9.17, 15) is 29.4 Å². The predicted octanol–water partition coefficient (Wildman–Crippen LogP) is 2.85. The van der Waals surface area contributed by atoms with Gasteiger partial charge < -0.3 is 19.9 Å². The van der Waals surface area contributed by atoms with Crippen molar-refractivity contribution in [2.45, 2.75) is 39.2 Å². The molecule has 174 valence electrons. The number of aliphatic hydroxyl groups is 1. The number of carbonyl (C=O) groups excluding carboxylic acids is 4. The summed E-state index contributed by atoms with van der Waals surface area (Å²) in [5.74, 6) is -4.40. The Kier molecular flexibility index (Phi) is 4.42. The number of nitrogens with zero attached hydrogens (tertiary/aromatic N) is 1. The van der Waals surface area contributed by atoms with Crippen molar-refractivity contribution in [3.63, 3.8) is 0 Å². The molecule has 0 saturated heterocycles. The number of aromatic hydroxyl groups is 1. The smallest absolute Gasteiger partial charge is 0.295 e. The zero-order valence-corrected chi connectivity index (χ0v) is 18.8. The maximum atomic E-state index is 13.8. The number of phenolic OH excluding ortho intramolecular Hbond substituents is 1. The predicted molar refractivity (Wildman–Crippen MR) is 119 cm³/mol. The standard InChI is InChI=1S/C25H22N2O7/c1-12-8-9-17(34-12)20(30)19-21(31)22(32)27(14-6-4-5-7-15(14)28)25(19)18-13(26-23(25)33)10-24(2,3)11-16(18)29/h4-9,28,31H,10-11H2,1-3H3,(H,26,33). The number of para-hydroxylation sites is 2. The number of allylic oxidation sites excluding steroid dienone is 1. The normalized spacial score (nSPS) is 23.7. The summed E-state index contributed by atoms with van der Waals surface area (Å²) < 4.78 is 5.43. The summed E-state index contributed by atoms with van der Waals surface area (Å²) in [5.41, 5.74) is -3.25. The highest BCUT2D eigenvalue weighted by Gasteiger charge is 2.68. The third-order valence-corrected chi connectivity index (χ3v) is 6.48. The second kappa shape index (κ2) is 6.93. The first kappa shape index (κ1) is 21.7. The number of aryl methyl sites for hydroxylation is 1. The van der Waals surface area contributed by atoms with E-state index in [1.165, 1.54) is 36.4 Å². The Morgan fingerprint density at radius 2 is 1.76 bits per heavy atom. The number of hydrogen-bond acceptors (Lipinski definition) is 7. The molecule has 0 fully saturated rings. The van der Waals surface area contributed by atoms with Gasteiger partial charge in [-0.05, 0) is 43.0 Å². The Labute approximate surface area is 194 Å². The van der Waals surface area contributed by atoms with Crippen molar-refractivity contribution >= 4 is 29.1 Å². The van der Waals surface area contributed by atoms with Gasteiger partial charge in [0, 0.05) is 12.1 Å². The molecule has 3 aliphatic rings. The van der Waals surface area contributed by atoms with Gasteiger partial charge in [0.25, 0.3) is 11.8 Å². The molecule has 2 aromatic rings. The monoisotopic (exact) mass is 462 g/mol. The zero-order valence-electron chi connectivity index (χ0n) is 18.8. The van der Waals surface area contributed by atoms with Gasteiger partial charge in [0.1, 0.15) is 11.5 Å². The Hall–Kier alpha value is -4.14. The molecule has 2 amide bonds. The molecule has 5 rings (SSSR count). The number of nitrogens with one attached hydrogen (secondary N) is 1. The number of hydrogen-bond donors (Lipinski definition) is 3. The van der Waals surface area contributed by atoms with Gasteiger partial charge in [-0.15, -0.1) is 0 Å². The van der Waals surface area contributed by atoms with Crippen LogP contribution in [0.25, 0.3) is 0 Å². The molecule has 1 atom stereocenters. The van der Waals surface area contributed by atoms with Gasteiger partial charge in [-0.2, -0.15) is 0 Å². The largest absolute Gasteiger partial charge is 0.506 e. The molecular formula is C25H22N2O7. The molecule has 3 N–H and O–H groups in total. The van der Waals surface area contributed by atoms with Crippen molar-refractivity contribution < 1.29 is 33.8 Å². The summed E-state index contributed by atoms with van der Waals surface area (Å²) in [4.78, 5) is 55.1. The van der Waals surface area contributed by atoms with Gasteiger partial charge in [-0.3, -0.25) is 24.1 Å². The molecule has 3 heterocycles. The molecule has 0 saturated carbocycles. The van der Waals surface area contributed by atoms with Gasteiger partial charge in [0.15, 0.2) is 22.8 Å². The number of amides is 2. The van der Waals surface area contributed by atoms with Crippen molar-refractivity contribution in [1.82, 2.24) is 5.32 Å². The molecule has 1 aliphatic carbocycles. The number of benzene rings is 1. The quantitative estimate of drug-likeness (QED) is 0.597. The number of aliphatic hydroxyl groups excluding tert-OH is 1. The van der Waals surface area contributed by atoms with Crippen LogP contribution in [-0.4, -0.2) is 39.1 Å². The molecule has 1 aromatic heterocycles. The molecule has 1 spiro atoms. The summed E-state index contributed by atoms with van der Waals surface area (Å²) >= 11 is 0. The Morgan fingerprint density at radius 1 is 1.06 bits per heavy atom. The van der Waals surface area contributed by atoms with Crippen LogP contribution in [0, 0.1) is 12.3 Å². The minimum atomic E-state index is -2.29. The lowest BCUT2D eigenvalue weighted by molar-refractivity contribution is -0.126. The van der Waals surface area contributed by atoms with Gasteiger partial charge in [0.2, 0.25) is 5.78 Å². The number of ketones is 2. The van der Waals surface area contributed by atoms with Crippen LogP contribution in [0.5, 0.6) is 5.75 Å². The summed E-state index contributed by atoms with van der Waals surface area (Å²) in [7, 11) is 0. The fourth-order valence-corrected chi connectivity index (χ4v) is 5.18. The van der Waals surface area contributed by atoms with E-state index in [1.54, 1.807) is 6.92 Å². The van der Waals surface area contributed by atoms with Crippen molar-refractivity contribution in [3.05, 3.63) is 70.5 Å². The van der Waals surface area contributed by atoms with Crippen LogP contribution >= 0.6 is 0 Å². The van der Waals surface area contributed by atoms with E-state index in [0.717, 1.165) is 4.90 Å². The number of phenols is 1. The van der Waals surface area contributed by atoms with E-state index < -0.39 is 45.7 Å². The van der Waals surface area contributed by atoms with E-state index in [0.29, 0.717) is 12.2 Å². The Bertz CT molecular complexity index is 1380. The average Bonchev–Trinajstić information content (AvgIpc) is 3.36. The van der Waals surface area contributed by atoms with E-state index in [2.05, 4.69) is 5.32 Å². The summed E-state index contributed by atoms with van der Waals surface area (Å²) in [6.45, 7) is 5.36. The van der Waals surface area contributed by atoms with Gasteiger partial charge >= 0.3 is 0 Å². The molecule has 1 aromatic carbocycles. The third-order valence-electron chi connectivity index (χ3n) is 6.48. The average molecular weight is 462 g/mol. The molecular weight excluding hydrogens is 440 g/mol. The molecule has 2 aliphatic heterocycles. The minimum absolute atomic E-state index is 0.0629.